The molecule has 1 radical (unpaired) electrons. The van der Waals surface area contributed by atoms with Crippen molar-refractivity contribution in [3.05, 3.63) is 65.5 Å². The van der Waals surface area contributed by atoms with Crippen LogP contribution < -0.4 is 0 Å². The minimum Gasteiger partial charge on any atom is -0.326 e. The molecule has 0 N–H and O–H groups in total. The van der Waals surface area contributed by atoms with Crippen LogP contribution in [0.15, 0.2) is 42.7 Å². The standard InChI is InChI=1S/C16H15N2/c1-12-8-15-16(9-13(12)2)18(11-17-15)10-14-6-4-3-5-7-14/h3-4,6-9,11H,10H2,1-2H3. The first-order valence-corrected chi connectivity index (χ1v) is 6.11. The summed E-state index contributed by atoms with van der Waals surface area (Å²) in [5, 5.41) is 0. The molecule has 0 bridgehead atoms. The molecule has 89 valence electrons. The summed E-state index contributed by atoms with van der Waals surface area (Å²) in [5.41, 5.74) is 6.11. The number of benzene rings is 2. The van der Waals surface area contributed by atoms with Gasteiger partial charge in [-0.25, -0.2) is 4.98 Å². The molecule has 0 aliphatic carbocycles. The van der Waals surface area contributed by atoms with E-state index in [1.807, 2.05) is 24.5 Å². The predicted octanol–water partition coefficient (Wildman–Crippen LogP) is 3.50. The molecule has 0 aliphatic heterocycles. The smallest absolute Gasteiger partial charge is 0.0961 e. The van der Waals surface area contributed by atoms with Gasteiger partial charge in [0.05, 0.1) is 17.4 Å². The summed E-state index contributed by atoms with van der Waals surface area (Å²) in [6.45, 7) is 5.11. The molecule has 0 saturated carbocycles. The molecule has 0 unspecified atom stereocenters. The molecule has 2 nitrogen and oxygen atoms in total. The van der Waals surface area contributed by atoms with Crippen molar-refractivity contribution >= 4 is 11.0 Å². The van der Waals surface area contributed by atoms with E-state index in [-0.39, 0.29) is 0 Å². The van der Waals surface area contributed by atoms with Crippen LogP contribution in [0.5, 0.6) is 0 Å². The second kappa shape index (κ2) is 4.30. The zero-order chi connectivity index (χ0) is 12.5. The number of nitrogens with zero attached hydrogens (tertiary/aromatic N) is 2. The van der Waals surface area contributed by atoms with Crippen LogP contribution in [0.25, 0.3) is 11.0 Å². The highest BCUT2D eigenvalue weighted by Crippen LogP contribution is 2.19. The molecule has 0 saturated heterocycles. The van der Waals surface area contributed by atoms with Gasteiger partial charge in [-0.3, -0.25) is 0 Å². The van der Waals surface area contributed by atoms with E-state index in [9.17, 15) is 0 Å². The quantitative estimate of drug-likeness (QED) is 0.664. The summed E-state index contributed by atoms with van der Waals surface area (Å²) in [7, 11) is 0. The minimum atomic E-state index is 0.844. The molecule has 3 rings (SSSR count). The lowest BCUT2D eigenvalue weighted by atomic mass is 10.1. The molecule has 2 aromatic carbocycles. The fourth-order valence-electron chi connectivity index (χ4n) is 2.16. The van der Waals surface area contributed by atoms with Crippen molar-refractivity contribution in [2.24, 2.45) is 0 Å². The summed E-state index contributed by atoms with van der Waals surface area (Å²) >= 11 is 0. The molecule has 1 heterocycles. The van der Waals surface area contributed by atoms with E-state index < -0.39 is 0 Å². The van der Waals surface area contributed by atoms with Crippen LogP contribution in [0, 0.1) is 19.9 Å². The normalized spacial score (nSPS) is 11.0. The predicted molar refractivity (Wildman–Crippen MR) is 73.6 cm³/mol. The number of hydrogen-bond donors (Lipinski definition) is 0. The van der Waals surface area contributed by atoms with Gasteiger partial charge < -0.3 is 4.57 Å². The van der Waals surface area contributed by atoms with E-state index in [0.29, 0.717) is 0 Å². The van der Waals surface area contributed by atoms with Crippen molar-refractivity contribution in [2.45, 2.75) is 20.4 Å². The van der Waals surface area contributed by atoms with Gasteiger partial charge in [-0.1, -0.05) is 18.2 Å². The molecule has 2 heteroatoms. The second-order valence-electron chi connectivity index (χ2n) is 4.71. The average Bonchev–Trinajstić information content (AvgIpc) is 2.74. The Hall–Kier alpha value is -2.09. The number of aryl methyl sites for hydroxylation is 2. The first-order valence-electron chi connectivity index (χ1n) is 6.11. The Morgan fingerprint density at radius 2 is 2.06 bits per heavy atom. The number of imidazole rings is 1. The fraction of sp³-hybridized carbons (Fsp3) is 0.188. The molecule has 0 amide bonds. The lowest BCUT2D eigenvalue weighted by Gasteiger charge is -2.06. The van der Waals surface area contributed by atoms with Crippen LogP contribution in [-0.2, 0) is 6.54 Å². The zero-order valence-corrected chi connectivity index (χ0v) is 10.6. The van der Waals surface area contributed by atoms with E-state index >= 15 is 0 Å². The van der Waals surface area contributed by atoms with E-state index in [2.05, 4.69) is 47.7 Å². The third-order valence-electron chi connectivity index (χ3n) is 3.36. The van der Waals surface area contributed by atoms with Crippen molar-refractivity contribution < 1.29 is 0 Å². The van der Waals surface area contributed by atoms with Crippen LogP contribution in [0.1, 0.15) is 16.7 Å². The first kappa shape index (κ1) is 11.0. The van der Waals surface area contributed by atoms with E-state index in [1.54, 1.807) is 0 Å². The SMILES string of the molecule is Cc1cc2ncn(Cc3c[c]ccc3)c2cc1C. The molecule has 1 aromatic heterocycles. The molecule has 0 fully saturated rings. The van der Waals surface area contributed by atoms with Gasteiger partial charge >= 0.3 is 0 Å². The van der Waals surface area contributed by atoms with E-state index in [1.165, 1.54) is 22.2 Å². The highest BCUT2D eigenvalue weighted by atomic mass is 15.0. The number of rotatable bonds is 2. The van der Waals surface area contributed by atoms with Gasteiger partial charge in [0, 0.05) is 6.54 Å². The van der Waals surface area contributed by atoms with Gasteiger partial charge in [0.1, 0.15) is 0 Å². The van der Waals surface area contributed by atoms with Gasteiger partial charge in [-0.05, 0) is 54.8 Å². The lowest BCUT2D eigenvalue weighted by molar-refractivity contribution is 0.824. The van der Waals surface area contributed by atoms with Gasteiger partial charge in [0.15, 0.2) is 0 Å². The van der Waals surface area contributed by atoms with Crippen LogP contribution >= 0.6 is 0 Å². The van der Waals surface area contributed by atoms with Crippen molar-refractivity contribution in [2.75, 3.05) is 0 Å². The Balaban J connectivity index is 2.05. The number of aromatic nitrogens is 2. The summed E-state index contributed by atoms with van der Waals surface area (Å²) in [6, 6.07) is 15.5. The summed E-state index contributed by atoms with van der Waals surface area (Å²) in [5.74, 6) is 0. The Kier molecular flexibility index (Phi) is 2.63. The third-order valence-corrected chi connectivity index (χ3v) is 3.36. The van der Waals surface area contributed by atoms with Crippen LogP contribution in [0.3, 0.4) is 0 Å². The third kappa shape index (κ3) is 1.90. The van der Waals surface area contributed by atoms with Crippen molar-refractivity contribution in [3.8, 4) is 0 Å². The first-order chi connectivity index (χ1) is 8.74. The maximum absolute atomic E-state index is 4.47. The lowest BCUT2D eigenvalue weighted by Crippen LogP contribution is -1.97. The van der Waals surface area contributed by atoms with Gasteiger partial charge in [0.25, 0.3) is 0 Å². The monoisotopic (exact) mass is 235 g/mol. The topological polar surface area (TPSA) is 17.8 Å². The largest absolute Gasteiger partial charge is 0.326 e. The average molecular weight is 235 g/mol. The van der Waals surface area contributed by atoms with Gasteiger partial charge in [-0.15, -0.1) is 0 Å². The molecule has 0 spiro atoms. The molecular formula is C16H15N2. The zero-order valence-electron chi connectivity index (χ0n) is 10.6. The Morgan fingerprint density at radius 3 is 2.83 bits per heavy atom. The maximum Gasteiger partial charge on any atom is 0.0961 e. The summed E-state index contributed by atoms with van der Waals surface area (Å²) in [6.07, 6.45) is 1.91. The maximum atomic E-state index is 4.47. The Bertz CT molecular complexity index is 681. The van der Waals surface area contributed by atoms with Crippen LogP contribution in [0.4, 0.5) is 0 Å². The highest BCUT2D eigenvalue weighted by Gasteiger charge is 2.05. The van der Waals surface area contributed by atoms with E-state index in [0.717, 1.165) is 12.1 Å². The molecular weight excluding hydrogens is 220 g/mol. The minimum absolute atomic E-state index is 0.844. The van der Waals surface area contributed by atoms with Crippen molar-refractivity contribution in [1.29, 1.82) is 0 Å². The number of hydrogen-bond acceptors (Lipinski definition) is 1. The Labute approximate surface area is 107 Å². The van der Waals surface area contributed by atoms with Crippen molar-refractivity contribution in [3.63, 3.8) is 0 Å². The molecule has 0 aliphatic rings. The van der Waals surface area contributed by atoms with Crippen LogP contribution in [-0.4, -0.2) is 9.55 Å². The number of fused-ring (bicyclic) bond motifs is 1. The summed E-state index contributed by atoms with van der Waals surface area (Å²) < 4.78 is 2.19. The Morgan fingerprint density at radius 1 is 1.22 bits per heavy atom. The van der Waals surface area contributed by atoms with Gasteiger partial charge in [-0.2, -0.15) is 0 Å². The van der Waals surface area contributed by atoms with Gasteiger partial charge in [0.2, 0.25) is 0 Å². The highest BCUT2D eigenvalue weighted by molar-refractivity contribution is 5.77. The second-order valence-corrected chi connectivity index (χ2v) is 4.71. The fourth-order valence-corrected chi connectivity index (χ4v) is 2.16. The van der Waals surface area contributed by atoms with E-state index in [4.69, 9.17) is 0 Å². The van der Waals surface area contributed by atoms with Crippen LogP contribution in [0.2, 0.25) is 0 Å². The molecule has 18 heavy (non-hydrogen) atoms. The van der Waals surface area contributed by atoms with Crippen molar-refractivity contribution in [1.82, 2.24) is 9.55 Å². The molecule has 0 atom stereocenters. The molecule has 3 aromatic rings. The summed E-state index contributed by atoms with van der Waals surface area (Å²) in [4.78, 5) is 4.47.